The van der Waals surface area contributed by atoms with Crippen LogP contribution in [0.1, 0.15) is 17.5 Å². The number of carbonyl (C=O) groups is 1. The fourth-order valence-corrected chi connectivity index (χ4v) is 2.30. The Balaban J connectivity index is 2.20. The molecule has 0 radical (unpaired) electrons. The van der Waals surface area contributed by atoms with E-state index in [4.69, 9.17) is 14.6 Å². The highest BCUT2D eigenvalue weighted by atomic mass is 16.5. The Kier molecular flexibility index (Phi) is 5.80. The van der Waals surface area contributed by atoms with Crippen molar-refractivity contribution in [3.8, 4) is 11.5 Å². The molecular weight excluding hydrogens is 292 g/mol. The number of hydrogen-bond donors (Lipinski definition) is 1. The minimum atomic E-state index is -0.835. The Bertz CT molecular complexity index is 670. The maximum atomic E-state index is 11.1. The van der Waals surface area contributed by atoms with Crippen LogP contribution >= 0.6 is 0 Å². The zero-order valence-corrected chi connectivity index (χ0v) is 13.3. The maximum absolute atomic E-state index is 11.1. The smallest absolute Gasteiger partial charge is 0.307 e. The molecule has 23 heavy (non-hydrogen) atoms. The minimum Gasteiger partial charge on any atom is -0.497 e. The van der Waals surface area contributed by atoms with Crippen molar-refractivity contribution in [1.82, 2.24) is 0 Å². The monoisotopic (exact) mass is 312 g/mol. The lowest BCUT2D eigenvalue weighted by atomic mass is 10.00. The lowest BCUT2D eigenvalue weighted by Crippen LogP contribution is -2.00. The van der Waals surface area contributed by atoms with E-state index in [0.29, 0.717) is 6.42 Å². The molecule has 0 unspecified atom stereocenters. The summed E-state index contributed by atoms with van der Waals surface area (Å²) >= 11 is 0. The Morgan fingerprint density at radius 1 is 0.957 bits per heavy atom. The number of carboxylic acid groups (broad SMARTS) is 1. The number of benzene rings is 2. The molecule has 0 amide bonds. The number of ether oxygens (including phenoxy) is 2. The molecule has 0 spiro atoms. The molecule has 2 rings (SSSR count). The summed E-state index contributed by atoms with van der Waals surface area (Å²) in [6, 6.07) is 15.2. The second-order valence-corrected chi connectivity index (χ2v) is 5.17. The van der Waals surface area contributed by atoms with E-state index in [1.54, 1.807) is 14.2 Å². The van der Waals surface area contributed by atoms with Crippen LogP contribution in [0.2, 0.25) is 0 Å². The van der Waals surface area contributed by atoms with Crippen molar-refractivity contribution < 1.29 is 19.4 Å². The first-order valence-corrected chi connectivity index (χ1v) is 7.29. The van der Waals surface area contributed by atoms with Gasteiger partial charge in [-0.15, -0.1) is 0 Å². The van der Waals surface area contributed by atoms with Crippen LogP contribution in [0.3, 0.4) is 0 Å². The van der Waals surface area contributed by atoms with E-state index in [9.17, 15) is 4.79 Å². The van der Waals surface area contributed by atoms with Crippen LogP contribution in [0.25, 0.3) is 6.08 Å². The SMILES string of the molecule is COc1ccc(/C=C(/CC(=O)O)Cc2ccc(OC)cc2)cc1. The number of carboxylic acids is 1. The average Bonchev–Trinajstić information content (AvgIpc) is 2.55. The Labute approximate surface area is 136 Å². The summed E-state index contributed by atoms with van der Waals surface area (Å²) < 4.78 is 10.3. The van der Waals surface area contributed by atoms with Crippen molar-refractivity contribution in [3.05, 3.63) is 65.2 Å². The molecule has 0 saturated heterocycles. The maximum Gasteiger partial charge on any atom is 0.307 e. The molecule has 0 bridgehead atoms. The van der Waals surface area contributed by atoms with E-state index >= 15 is 0 Å². The van der Waals surface area contributed by atoms with E-state index in [0.717, 1.165) is 28.2 Å². The van der Waals surface area contributed by atoms with Crippen LogP contribution in [0.5, 0.6) is 11.5 Å². The largest absolute Gasteiger partial charge is 0.497 e. The molecule has 2 aromatic rings. The van der Waals surface area contributed by atoms with Crippen LogP contribution in [-0.2, 0) is 11.2 Å². The summed E-state index contributed by atoms with van der Waals surface area (Å²) in [7, 11) is 3.23. The fourth-order valence-electron chi connectivity index (χ4n) is 2.30. The zero-order chi connectivity index (χ0) is 16.7. The molecular formula is C19H20O4. The third-order valence-corrected chi connectivity index (χ3v) is 3.46. The molecule has 0 aromatic heterocycles. The van der Waals surface area contributed by atoms with Crippen LogP contribution in [-0.4, -0.2) is 25.3 Å². The van der Waals surface area contributed by atoms with Gasteiger partial charge >= 0.3 is 5.97 Å². The Hall–Kier alpha value is -2.75. The number of rotatable bonds is 7. The predicted molar refractivity (Wildman–Crippen MR) is 89.9 cm³/mol. The van der Waals surface area contributed by atoms with Gasteiger partial charge in [-0.1, -0.05) is 35.9 Å². The molecule has 0 atom stereocenters. The van der Waals surface area contributed by atoms with Gasteiger partial charge in [0, 0.05) is 0 Å². The first-order chi connectivity index (χ1) is 11.1. The van der Waals surface area contributed by atoms with Crippen molar-refractivity contribution in [1.29, 1.82) is 0 Å². The molecule has 120 valence electrons. The molecule has 2 aromatic carbocycles. The normalized spacial score (nSPS) is 11.1. The van der Waals surface area contributed by atoms with Gasteiger partial charge in [-0.3, -0.25) is 4.79 Å². The summed E-state index contributed by atoms with van der Waals surface area (Å²) in [5.41, 5.74) is 2.84. The summed E-state index contributed by atoms with van der Waals surface area (Å²) in [6.07, 6.45) is 2.51. The minimum absolute atomic E-state index is 0.0120. The molecule has 0 fully saturated rings. The van der Waals surface area contributed by atoms with Gasteiger partial charge in [0.2, 0.25) is 0 Å². The first-order valence-electron chi connectivity index (χ1n) is 7.29. The fraction of sp³-hybridized carbons (Fsp3) is 0.211. The van der Waals surface area contributed by atoms with Crippen molar-refractivity contribution in [2.75, 3.05) is 14.2 Å². The number of aliphatic carboxylic acids is 1. The molecule has 0 heterocycles. The molecule has 0 saturated carbocycles. The Morgan fingerprint density at radius 2 is 1.48 bits per heavy atom. The van der Waals surface area contributed by atoms with Gasteiger partial charge in [-0.05, 0) is 41.8 Å². The summed E-state index contributed by atoms with van der Waals surface area (Å²) in [4.78, 5) is 11.1. The van der Waals surface area contributed by atoms with E-state index in [1.165, 1.54) is 0 Å². The molecule has 4 heteroatoms. The van der Waals surface area contributed by atoms with E-state index < -0.39 is 5.97 Å². The molecule has 0 aliphatic heterocycles. The molecule has 1 N–H and O–H groups in total. The standard InChI is InChI=1S/C19H20O4/c1-22-17-7-3-14(4-8-17)11-16(13-19(20)21)12-15-5-9-18(23-2)10-6-15/h3-11H,12-13H2,1-2H3,(H,20,21)/b16-11+. The van der Waals surface area contributed by atoms with Gasteiger partial charge in [0.25, 0.3) is 0 Å². The second-order valence-electron chi connectivity index (χ2n) is 5.17. The van der Waals surface area contributed by atoms with Crippen molar-refractivity contribution in [2.24, 2.45) is 0 Å². The van der Waals surface area contributed by atoms with Gasteiger partial charge in [0.15, 0.2) is 0 Å². The third kappa shape index (κ3) is 5.18. The predicted octanol–water partition coefficient (Wildman–Crippen LogP) is 3.80. The van der Waals surface area contributed by atoms with Gasteiger partial charge in [0.1, 0.15) is 11.5 Å². The van der Waals surface area contributed by atoms with Crippen molar-refractivity contribution in [2.45, 2.75) is 12.8 Å². The highest BCUT2D eigenvalue weighted by Gasteiger charge is 2.06. The second kappa shape index (κ2) is 8.03. The Morgan fingerprint density at radius 3 is 1.96 bits per heavy atom. The third-order valence-electron chi connectivity index (χ3n) is 3.46. The summed E-state index contributed by atoms with van der Waals surface area (Å²) in [5, 5.41) is 9.12. The lowest BCUT2D eigenvalue weighted by Gasteiger charge is -2.07. The number of methoxy groups -OCH3 is 2. The van der Waals surface area contributed by atoms with Crippen LogP contribution in [0, 0.1) is 0 Å². The quantitative estimate of drug-likeness (QED) is 0.845. The van der Waals surface area contributed by atoms with E-state index in [1.807, 2.05) is 54.6 Å². The van der Waals surface area contributed by atoms with Crippen LogP contribution < -0.4 is 9.47 Å². The van der Waals surface area contributed by atoms with Gasteiger partial charge in [-0.2, -0.15) is 0 Å². The summed E-state index contributed by atoms with van der Waals surface area (Å²) in [6.45, 7) is 0. The molecule has 0 aliphatic rings. The zero-order valence-electron chi connectivity index (χ0n) is 13.3. The van der Waals surface area contributed by atoms with Gasteiger partial charge < -0.3 is 14.6 Å². The van der Waals surface area contributed by atoms with Crippen LogP contribution in [0.15, 0.2) is 54.1 Å². The highest BCUT2D eigenvalue weighted by molar-refractivity contribution is 5.73. The van der Waals surface area contributed by atoms with E-state index in [-0.39, 0.29) is 6.42 Å². The van der Waals surface area contributed by atoms with Crippen LogP contribution in [0.4, 0.5) is 0 Å². The first kappa shape index (κ1) is 16.6. The van der Waals surface area contributed by atoms with Crippen molar-refractivity contribution in [3.63, 3.8) is 0 Å². The van der Waals surface area contributed by atoms with E-state index in [2.05, 4.69) is 0 Å². The molecule has 0 aliphatic carbocycles. The van der Waals surface area contributed by atoms with Crippen molar-refractivity contribution >= 4 is 12.0 Å². The van der Waals surface area contributed by atoms with Gasteiger partial charge in [0.05, 0.1) is 20.6 Å². The average molecular weight is 312 g/mol. The highest BCUT2D eigenvalue weighted by Crippen LogP contribution is 2.20. The lowest BCUT2D eigenvalue weighted by molar-refractivity contribution is -0.136. The number of hydrogen-bond acceptors (Lipinski definition) is 3. The summed E-state index contributed by atoms with van der Waals surface area (Å²) in [5.74, 6) is 0.725. The molecule has 4 nitrogen and oxygen atoms in total. The van der Waals surface area contributed by atoms with Gasteiger partial charge in [-0.25, -0.2) is 0 Å². The topological polar surface area (TPSA) is 55.8 Å².